The third kappa shape index (κ3) is 2.88. The summed E-state index contributed by atoms with van der Waals surface area (Å²) < 4.78 is 5.38. The lowest BCUT2D eigenvalue weighted by molar-refractivity contribution is 0.0728. The van der Waals surface area contributed by atoms with Gasteiger partial charge >= 0.3 is 0 Å². The molecule has 0 spiro atoms. The number of amides is 1. The lowest BCUT2D eigenvalue weighted by Gasteiger charge is -2.23. The zero-order chi connectivity index (χ0) is 17.4. The monoisotopic (exact) mass is 329 g/mol. The molecule has 0 aliphatic carbocycles. The minimum Gasteiger partial charge on any atom is -0.361 e. The molecule has 1 aliphatic heterocycles. The lowest BCUT2D eigenvalue weighted by atomic mass is 10.1. The molecule has 0 radical (unpaired) electrons. The number of aromatic amines is 1. The first-order chi connectivity index (χ1) is 11.4. The van der Waals surface area contributed by atoms with E-state index in [1.54, 1.807) is 11.8 Å². The first kappa shape index (κ1) is 16.5. The van der Waals surface area contributed by atoms with Gasteiger partial charge in [-0.15, -0.1) is 0 Å². The van der Waals surface area contributed by atoms with Gasteiger partial charge in [0.05, 0.1) is 6.04 Å². The fourth-order valence-corrected chi connectivity index (χ4v) is 3.31. The Bertz CT molecular complexity index is 819. The molecule has 0 aromatic carbocycles. The highest BCUT2D eigenvalue weighted by Crippen LogP contribution is 2.33. The van der Waals surface area contributed by atoms with Crippen molar-refractivity contribution in [3.8, 4) is 0 Å². The normalized spacial score (nSPS) is 17.7. The Kier molecular flexibility index (Phi) is 4.30. The Labute approximate surface area is 140 Å². The standard InChI is InChI=1S/C18H23N3O3/c1-10(2)15-9-13(20-24-15)14-6-5-7-21(14)18(23)16-11(3)8-12(4)19-17(16)22/h8-10,14H,5-7H2,1-4H3,(H,19,22). The van der Waals surface area contributed by atoms with Crippen molar-refractivity contribution in [2.45, 2.75) is 52.5 Å². The van der Waals surface area contributed by atoms with E-state index in [9.17, 15) is 9.59 Å². The molecule has 3 rings (SSSR count). The molecule has 1 unspecified atom stereocenters. The van der Waals surface area contributed by atoms with Crippen molar-refractivity contribution in [2.75, 3.05) is 6.54 Å². The van der Waals surface area contributed by atoms with E-state index >= 15 is 0 Å². The second-order valence-corrected chi connectivity index (χ2v) is 6.80. The van der Waals surface area contributed by atoms with Gasteiger partial charge in [0, 0.05) is 24.2 Å². The van der Waals surface area contributed by atoms with Crippen molar-refractivity contribution in [3.05, 3.63) is 50.8 Å². The first-order valence-corrected chi connectivity index (χ1v) is 8.36. The third-order valence-corrected chi connectivity index (χ3v) is 4.55. The smallest absolute Gasteiger partial charge is 0.261 e. The number of rotatable bonds is 3. The molecule has 0 saturated carbocycles. The predicted octanol–water partition coefficient (Wildman–Crippen LogP) is 3.08. The summed E-state index contributed by atoms with van der Waals surface area (Å²) in [7, 11) is 0. The molecule has 2 aromatic heterocycles. The molecule has 128 valence electrons. The minimum absolute atomic E-state index is 0.131. The number of hydrogen-bond donors (Lipinski definition) is 1. The number of H-pyrrole nitrogens is 1. The second-order valence-electron chi connectivity index (χ2n) is 6.80. The molecule has 1 fully saturated rings. The van der Waals surface area contributed by atoms with Gasteiger partial charge in [0.1, 0.15) is 17.0 Å². The summed E-state index contributed by atoms with van der Waals surface area (Å²) in [6.45, 7) is 8.31. The van der Waals surface area contributed by atoms with E-state index in [1.807, 2.05) is 32.9 Å². The highest BCUT2D eigenvalue weighted by molar-refractivity contribution is 5.95. The van der Waals surface area contributed by atoms with Crippen molar-refractivity contribution in [1.82, 2.24) is 15.0 Å². The first-order valence-electron chi connectivity index (χ1n) is 8.36. The fourth-order valence-electron chi connectivity index (χ4n) is 3.31. The number of carbonyl (C=O) groups is 1. The molecule has 1 atom stereocenters. The van der Waals surface area contributed by atoms with Crippen molar-refractivity contribution >= 4 is 5.91 Å². The van der Waals surface area contributed by atoms with E-state index in [2.05, 4.69) is 10.1 Å². The van der Waals surface area contributed by atoms with Gasteiger partial charge in [0.25, 0.3) is 11.5 Å². The average molecular weight is 329 g/mol. The number of nitrogens with one attached hydrogen (secondary N) is 1. The Morgan fingerprint density at radius 3 is 2.75 bits per heavy atom. The van der Waals surface area contributed by atoms with Crippen LogP contribution in [0.15, 0.2) is 21.5 Å². The lowest BCUT2D eigenvalue weighted by Crippen LogP contribution is -2.35. The van der Waals surface area contributed by atoms with Crippen molar-refractivity contribution < 1.29 is 9.32 Å². The Balaban J connectivity index is 1.93. The van der Waals surface area contributed by atoms with Gasteiger partial charge in [-0.3, -0.25) is 9.59 Å². The highest BCUT2D eigenvalue weighted by atomic mass is 16.5. The number of nitrogens with zero attached hydrogens (tertiary/aromatic N) is 2. The van der Waals surface area contributed by atoms with Crippen molar-refractivity contribution in [2.24, 2.45) is 0 Å². The van der Waals surface area contributed by atoms with Crippen LogP contribution in [0.5, 0.6) is 0 Å². The topological polar surface area (TPSA) is 79.2 Å². The van der Waals surface area contributed by atoms with Crippen LogP contribution in [0, 0.1) is 13.8 Å². The molecule has 1 amide bonds. The maximum absolute atomic E-state index is 13.0. The van der Waals surface area contributed by atoms with E-state index in [4.69, 9.17) is 4.52 Å². The number of hydrogen-bond acceptors (Lipinski definition) is 4. The summed E-state index contributed by atoms with van der Waals surface area (Å²) in [5, 5.41) is 4.15. The van der Waals surface area contributed by atoms with Gasteiger partial charge in [-0.25, -0.2) is 0 Å². The number of likely N-dealkylation sites (tertiary alicyclic amines) is 1. The Hall–Kier alpha value is -2.37. The zero-order valence-electron chi connectivity index (χ0n) is 14.5. The van der Waals surface area contributed by atoms with Crippen LogP contribution >= 0.6 is 0 Å². The largest absolute Gasteiger partial charge is 0.361 e. The van der Waals surface area contributed by atoms with Gasteiger partial charge in [0.15, 0.2) is 0 Å². The van der Waals surface area contributed by atoms with Crippen molar-refractivity contribution in [3.63, 3.8) is 0 Å². The summed E-state index contributed by atoms with van der Waals surface area (Å²) in [4.78, 5) is 29.7. The van der Waals surface area contributed by atoms with E-state index in [1.165, 1.54) is 0 Å². The maximum Gasteiger partial charge on any atom is 0.261 e. The summed E-state index contributed by atoms with van der Waals surface area (Å²) in [6, 6.07) is 3.62. The molecule has 1 aliphatic rings. The molecule has 6 heteroatoms. The van der Waals surface area contributed by atoms with Gasteiger partial charge in [-0.1, -0.05) is 19.0 Å². The molecule has 24 heavy (non-hydrogen) atoms. The van der Waals surface area contributed by atoms with Crippen LogP contribution in [0.1, 0.15) is 71.7 Å². The molecule has 2 aromatic rings. The summed E-state index contributed by atoms with van der Waals surface area (Å²) in [6.07, 6.45) is 1.72. The summed E-state index contributed by atoms with van der Waals surface area (Å²) in [5.74, 6) is 0.831. The molecular weight excluding hydrogens is 306 g/mol. The molecule has 3 heterocycles. The van der Waals surface area contributed by atoms with E-state index in [0.717, 1.165) is 30.0 Å². The molecule has 0 bridgehead atoms. The maximum atomic E-state index is 13.0. The van der Waals surface area contributed by atoms with E-state index < -0.39 is 0 Å². The second kappa shape index (κ2) is 6.26. The third-order valence-electron chi connectivity index (χ3n) is 4.55. The van der Waals surface area contributed by atoms with Crippen LogP contribution in [0.3, 0.4) is 0 Å². The summed E-state index contributed by atoms with van der Waals surface area (Å²) >= 11 is 0. The Morgan fingerprint density at radius 1 is 1.38 bits per heavy atom. The molecule has 1 saturated heterocycles. The number of carbonyl (C=O) groups excluding carboxylic acids is 1. The van der Waals surface area contributed by atoms with E-state index in [0.29, 0.717) is 12.1 Å². The van der Waals surface area contributed by atoms with Crippen LogP contribution in [0.2, 0.25) is 0 Å². The molecule has 6 nitrogen and oxygen atoms in total. The van der Waals surface area contributed by atoms with Gasteiger partial charge in [-0.2, -0.15) is 0 Å². The molecular formula is C18H23N3O3. The SMILES string of the molecule is Cc1cc(C)c(C(=O)N2CCCC2c2cc(C(C)C)on2)c(=O)[nH]1. The Morgan fingerprint density at radius 2 is 2.12 bits per heavy atom. The van der Waals surface area contributed by atoms with E-state index in [-0.39, 0.29) is 29.0 Å². The van der Waals surface area contributed by atoms with Crippen LogP contribution in [0.4, 0.5) is 0 Å². The van der Waals surface area contributed by atoms with Crippen LogP contribution in [-0.4, -0.2) is 27.5 Å². The average Bonchev–Trinajstić information content (AvgIpc) is 3.15. The highest BCUT2D eigenvalue weighted by Gasteiger charge is 2.34. The molecule has 1 N–H and O–H groups in total. The van der Waals surface area contributed by atoms with Crippen LogP contribution in [-0.2, 0) is 0 Å². The van der Waals surface area contributed by atoms with Crippen LogP contribution < -0.4 is 5.56 Å². The predicted molar refractivity (Wildman–Crippen MR) is 90.1 cm³/mol. The van der Waals surface area contributed by atoms with Gasteiger partial charge in [-0.05, 0) is 38.3 Å². The quantitative estimate of drug-likeness (QED) is 0.938. The fraction of sp³-hybridized carbons (Fsp3) is 0.500. The van der Waals surface area contributed by atoms with Crippen molar-refractivity contribution in [1.29, 1.82) is 0 Å². The number of pyridine rings is 1. The number of aromatic nitrogens is 2. The number of aryl methyl sites for hydroxylation is 2. The summed E-state index contributed by atoms with van der Waals surface area (Å²) in [5.41, 5.74) is 2.12. The van der Waals surface area contributed by atoms with Gasteiger partial charge in [0.2, 0.25) is 0 Å². The van der Waals surface area contributed by atoms with Gasteiger partial charge < -0.3 is 14.4 Å². The minimum atomic E-state index is -0.328. The zero-order valence-corrected chi connectivity index (χ0v) is 14.5. The van der Waals surface area contributed by atoms with Crippen LogP contribution in [0.25, 0.3) is 0 Å².